The lowest BCUT2D eigenvalue weighted by Gasteiger charge is -2.07. The largest absolute Gasteiger partial charge is 0.207 e. The smallest absolute Gasteiger partial charge is 0.123 e. The predicted octanol–water partition coefficient (Wildman–Crippen LogP) is 4.69. The summed E-state index contributed by atoms with van der Waals surface area (Å²) in [5.41, 5.74) is 3.33. The number of rotatable bonds is 3. The predicted molar refractivity (Wildman–Crippen MR) is 70.4 cm³/mol. The third-order valence-corrected chi connectivity index (χ3v) is 2.73. The van der Waals surface area contributed by atoms with Crippen LogP contribution in [0.1, 0.15) is 19.4 Å². The molecule has 0 unspecified atom stereocenters. The van der Waals surface area contributed by atoms with Gasteiger partial charge in [-0.15, -0.1) is 0 Å². The third kappa shape index (κ3) is 3.16. The van der Waals surface area contributed by atoms with E-state index in [2.05, 4.69) is 26.0 Å². The lowest BCUT2D eigenvalue weighted by Crippen LogP contribution is -1.94. The van der Waals surface area contributed by atoms with Crippen molar-refractivity contribution >= 4 is 0 Å². The van der Waals surface area contributed by atoms with Gasteiger partial charge in [0.15, 0.2) is 0 Å². The van der Waals surface area contributed by atoms with Crippen molar-refractivity contribution in [1.29, 1.82) is 0 Å². The summed E-state index contributed by atoms with van der Waals surface area (Å²) in [5.74, 6) is 0.453. The van der Waals surface area contributed by atoms with Crippen LogP contribution in [0.2, 0.25) is 0 Å². The van der Waals surface area contributed by atoms with Crippen molar-refractivity contribution in [2.75, 3.05) is 0 Å². The van der Waals surface area contributed by atoms with Crippen molar-refractivity contribution in [2.45, 2.75) is 20.3 Å². The zero-order valence-corrected chi connectivity index (χ0v) is 10.3. The van der Waals surface area contributed by atoms with Gasteiger partial charge in [0, 0.05) is 0 Å². The highest BCUT2D eigenvalue weighted by Gasteiger charge is 2.02. The molecule has 0 spiro atoms. The topological polar surface area (TPSA) is 0 Å². The second-order valence-corrected chi connectivity index (χ2v) is 4.81. The second kappa shape index (κ2) is 5.13. The minimum absolute atomic E-state index is 0.184. The van der Waals surface area contributed by atoms with Crippen molar-refractivity contribution in [3.05, 3.63) is 59.9 Å². The zero-order valence-electron chi connectivity index (χ0n) is 10.3. The normalized spacial score (nSPS) is 10.8. The first kappa shape index (κ1) is 11.8. The van der Waals surface area contributed by atoms with E-state index in [1.165, 1.54) is 11.6 Å². The monoisotopic (exact) mass is 228 g/mol. The summed E-state index contributed by atoms with van der Waals surface area (Å²) in [6, 6.07) is 15.1. The standard InChI is InChI=1S/C16H17F/c1-12(2)9-13-5-3-6-14(10-13)15-7-4-8-16(17)11-15/h3-8,10-12H,9H2,1-2H3. The molecule has 0 aromatic heterocycles. The van der Waals surface area contributed by atoms with Crippen LogP contribution in [0.25, 0.3) is 11.1 Å². The van der Waals surface area contributed by atoms with Crippen LogP contribution in [-0.4, -0.2) is 0 Å². The average molecular weight is 228 g/mol. The van der Waals surface area contributed by atoms with E-state index in [0.717, 1.165) is 17.5 Å². The minimum Gasteiger partial charge on any atom is -0.207 e. The summed E-state index contributed by atoms with van der Waals surface area (Å²) >= 11 is 0. The van der Waals surface area contributed by atoms with Crippen LogP contribution in [0.3, 0.4) is 0 Å². The molecule has 0 aliphatic carbocycles. The van der Waals surface area contributed by atoms with Crippen molar-refractivity contribution in [3.8, 4) is 11.1 Å². The van der Waals surface area contributed by atoms with E-state index in [4.69, 9.17) is 0 Å². The van der Waals surface area contributed by atoms with Gasteiger partial charge < -0.3 is 0 Å². The van der Waals surface area contributed by atoms with Gasteiger partial charge in [-0.3, -0.25) is 0 Å². The Bertz CT molecular complexity index is 500. The maximum absolute atomic E-state index is 13.2. The van der Waals surface area contributed by atoms with Crippen molar-refractivity contribution < 1.29 is 4.39 Å². The lowest BCUT2D eigenvalue weighted by atomic mass is 9.98. The lowest BCUT2D eigenvalue weighted by molar-refractivity contribution is 0.628. The molecule has 2 aromatic rings. The Labute approximate surface area is 102 Å². The molecule has 0 heterocycles. The fourth-order valence-corrected chi connectivity index (χ4v) is 2.02. The molecule has 0 atom stereocenters. The van der Waals surface area contributed by atoms with E-state index in [1.54, 1.807) is 12.1 Å². The zero-order chi connectivity index (χ0) is 12.3. The van der Waals surface area contributed by atoms with E-state index in [-0.39, 0.29) is 5.82 Å². The molecule has 0 aliphatic rings. The Kier molecular flexibility index (Phi) is 3.58. The molecule has 1 heteroatoms. The third-order valence-electron chi connectivity index (χ3n) is 2.73. The van der Waals surface area contributed by atoms with Gasteiger partial charge >= 0.3 is 0 Å². The Morgan fingerprint density at radius 2 is 1.59 bits per heavy atom. The van der Waals surface area contributed by atoms with Gasteiger partial charge in [-0.2, -0.15) is 0 Å². The number of hydrogen-bond acceptors (Lipinski definition) is 0. The molecule has 2 rings (SSSR count). The molecule has 0 radical (unpaired) electrons. The molecule has 17 heavy (non-hydrogen) atoms. The van der Waals surface area contributed by atoms with E-state index < -0.39 is 0 Å². The van der Waals surface area contributed by atoms with Crippen LogP contribution in [0.4, 0.5) is 4.39 Å². The van der Waals surface area contributed by atoms with E-state index >= 15 is 0 Å². The minimum atomic E-state index is -0.184. The molecule has 0 nitrogen and oxygen atoms in total. The molecule has 0 saturated heterocycles. The van der Waals surface area contributed by atoms with Crippen LogP contribution < -0.4 is 0 Å². The van der Waals surface area contributed by atoms with Crippen molar-refractivity contribution in [2.24, 2.45) is 5.92 Å². The molecular weight excluding hydrogens is 211 g/mol. The van der Waals surface area contributed by atoms with Crippen LogP contribution >= 0.6 is 0 Å². The van der Waals surface area contributed by atoms with Gasteiger partial charge in [0.1, 0.15) is 5.82 Å². The summed E-state index contributed by atoms with van der Waals surface area (Å²) in [4.78, 5) is 0. The van der Waals surface area contributed by atoms with Gasteiger partial charge in [-0.05, 0) is 41.2 Å². The highest BCUT2D eigenvalue weighted by atomic mass is 19.1. The quantitative estimate of drug-likeness (QED) is 0.714. The van der Waals surface area contributed by atoms with Crippen molar-refractivity contribution in [1.82, 2.24) is 0 Å². The summed E-state index contributed by atoms with van der Waals surface area (Å²) in [6.07, 6.45) is 1.06. The second-order valence-electron chi connectivity index (χ2n) is 4.81. The van der Waals surface area contributed by atoms with Crippen LogP contribution in [0.5, 0.6) is 0 Å². The van der Waals surface area contributed by atoms with Crippen molar-refractivity contribution in [3.63, 3.8) is 0 Å². The number of hydrogen-bond donors (Lipinski definition) is 0. The first-order valence-electron chi connectivity index (χ1n) is 6.00. The Morgan fingerprint density at radius 1 is 0.941 bits per heavy atom. The first-order chi connectivity index (χ1) is 8.15. The number of halogens is 1. The van der Waals surface area contributed by atoms with E-state index in [0.29, 0.717) is 5.92 Å². The van der Waals surface area contributed by atoms with Gasteiger partial charge in [0.05, 0.1) is 0 Å². The molecular formula is C16H17F. The van der Waals surface area contributed by atoms with Crippen LogP contribution in [0, 0.1) is 11.7 Å². The summed E-state index contributed by atoms with van der Waals surface area (Å²) in [7, 11) is 0. The maximum Gasteiger partial charge on any atom is 0.123 e. The molecule has 0 aliphatic heterocycles. The molecule has 0 amide bonds. The van der Waals surface area contributed by atoms with E-state index in [9.17, 15) is 4.39 Å². The summed E-state index contributed by atoms with van der Waals surface area (Å²) in [6.45, 7) is 4.41. The Balaban J connectivity index is 2.33. The van der Waals surface area contributed by atoms with Gasteiger partial charge in [-0.1, -0.05) is 50.2 Å². The molecule has 0 saturated carbocycles. The van der Waals surface area contributed by atoms with Gasteiger partial charge in [-0.25, -0.2) is 4.39 Å². The molecule has 0 fully saturated rings. The fraction of sp³-hybridized carbons (Fsp3) is 0.250. The number of benzene rings is 2. The highest BCUT2D eigenvalue weighted by Crippen LogP contribution is 2.22. The summed E-state index contributed by atoms with van der Waals surface area (Å²) < 4.78 is 13.2. The maximum atomic E-state index is 13.2. The average Bonchev–Trinajstić information content (AvgIpc) is 2.28. The Morgan fingerprint density at radius 3 is 2.24 bits per heavy atom. The van der Waals surface area contributed by atoms with Crippen LogP contribution in [0.15, 0.2) is 48.5 Å². The SMILES string of the molecule is CC(C)Cc1cccc(-c2cccc(F)c2)c1. The van der Waals surface area contributed by atoms with Crippen LogP contribution in [-0.2, 0) is 6.42 Å². The van der Waals surface area contributed by atoms with Gasteiger partial charge in [0.25, 0.3) is 0 Å². The molecule has 2 aromatic carbocycles. The first-order valence-corrected chi connectivity index (χ1v) is 6.00. The van der Waals surface area contributed by atoms with Gasteiger partial charge in [0.2, 0.25) is 0 Å². The molecule has 0 bridgehead atoms. The fourth-order valence-electron chi connectivity index (χ4n) is 2.02. The highest BCUT2D eigenvalue weighted by molar-refractivity contribution is 5.64. The molecule has 88 valence electrons. The molecule has 0 N–H and O–H groups in total. The van der Waals surface area contributed by atoms with E-state index in [1.807, 2.05) is 18.2 Å². The summed E-state index contributed by atoms with van der Waals surface area (Å²) in [5, 5.41) is 0. The Hall–Kier alpha value is -1.63.